The number of phenols is 1. The van der Waals surface area contributed by atoms with E-state index >= 15 is 0 Å². The Labute approximate surface area is 127 Å². The van der Waals surface area contributed by atoms with E-state index in [0.717, 1.165) is 12.5 Å². The van der Waals surface area contributed by atoms with E-state index in [1.807, 2.05) is 0 Å². The quantitative estimate of drug-likeness (QED) is 0.654. The summed E-state index contributed by atoms with van der Waals surface area (Å²) in [6.45, 7) is 0.604. The number of nitrogens with zero attached hydrogens (tertiary/aromatic N) is 1. The highest BCUT2D eigenvalue weighted by atomic mass is 16.6. The number of nitrogens with one attached hydrogen (secondary N) is 1. The van der Waals surface area contributed by atoms with Crippen LogP contribution in [-0.2, 0) is 4.74 Å². The maximum Gasteiger partial charge on any atom is 0.270 e. The highest BCUT2D eigenvalue weighted by Crippen LogP contribution is 2.38. The van der Waals surface area contributed by atoms with Gasteiger partial charge in [0.2, 0.25) is 0 Å². The van der Waals surface area contributed by atoms with Gasteiger partial charge in [0.25, 0.3) is 11.6 Å². The first-order chi connectivity index (χ1) is 10.5. The lowest BCUT2D eigenvalue weighted by molar-refractivity contribution is -0.384. The van der Waals surface area contributed by atoms with Gasteiger partial charge in [-0.2, -0.15) is 0 Å². The lowest BCUT2D eigenvalue weighted by Crippen LogP contribution is -2.42. The number of hydrogen-bond donors (Lipinski definition) is 2. The van der Waals surface area contributed by atoms with Gasteiger partial charge in [-0.3, -0.25) is 14.9 Å². The molecular weight excluding hydrogens is 288 g/mol. The molecule has 1 aromatic carbocycles. The van der Waals surface area contributed by atoms with Gasteiger partial charge < -0.3 is 15.2 Å². The maximum absolute atomic E-state index is 12.3. The van der Waals surface area contributed by atoms with Gasteiger partial charge >= 0.3 is 0 Å². The summed E-state index contributed by atoms with van der Waals surface area (Å²) < 4.78 is 5.70. The molecule has 7 heteroatoms. The fraction of sp³-hybridized carbons (Fsp3) is 0.533. The van der Waals surface area contributed by atoms with Crippen molar-refractivity contribution in [2.24, 2.45) is 5.92 Å². The molecule has 2 fully saturated rings. The molecular formula is C15H18N2O5. The fourth-order valence-corrected chi connectivity index (χ4v) is 2.84. The molecule has 0 spiro atoms. The van der Waals surface area contributed by atoms with Crippen LogP contribution in [0.1, 0.15) is 36.0 Å². The number of phenolic OH excluding ortho intramolecular Hbond substituents is 1. The number of benzene rings is 1. The molecule has 0 aromatic heterocycles. The van der Waals surface area contributed by atoms with E-state index in [1.165, 1.54) is 25.0 Å². The van der Waals surface area contributed by atoms with Crippen LogP contribution in [0.25, 0.3) is 0 Å². The molecule has 0 bridgehead atoms. The van der Waals surface area contributed by atoms with E-state index in [2.05, 4.69) is 5.32 Å². The number of rotatable bonds is 4. The first kappa shape index (κ1) is 14.8. The summed E-state index contributed by atoms with van der Waals surface area (Å²) in [5, 5.41) is 23.4. The van der Waals surface area contributed by atoms with Crippen molar-refractivity contribution in [1.29, 1.82) is 0 Å². The topological polar surface area (TPSA) is 102 Å². The minimum atomic E-state index is -0.589. The van der Waals surface area contributed by atoms with Crippen LogP contribution >= 0.6 is 0 Å². The van der Waals surface area contributed by atoms with Gasteiger partial charge in [-0.15, -0.1) is 0 Å². The van der Waals surface area contributed by atoms with Crippen molar-refractivity contribution in [1.82, 2.24) is 5.32 Å². The predicted octanol–water partition coefficient (Wildman–Crippen LogP) is 1.99. The first-order valence-electron chi connectivity index (χ1n) is 7.44. The Morgan fingerprint density at radius 1 is 1.36 bits per heavy atom. The minimum absolute atomic E-state index is 0.0227. The lowest BCUT2D eigenvalue weighted by atomic mass is 9.99. The number of non-ortho nitro benzene ring substituents is 1. The monoisotopic (exact) mass is 306 g/mol. The molecule has 2 aliphatic rings. The second kappa shape index (κ2) is 5.92. The van der Waals surface area contributed by atoms with E-state index in [1.54, 1.807) is 0 Å². The predicted molar refractivity (Wildman–Crippen MR) is 77.7 cm³/mol. The number of carbonyl (C=O) groups is 1. The third kappa shape index (κ3) is 3.19. The summed E-state index contributed by atoms with van der Waals surface area (Å²) in [6, 6.07) is 3.42. The number of hydrogen-bond acceptors (Lipinski definition) is 5. The van der Waals surface area contributed by atoms with Gasteiger partial charge in [0.1, 0.15) is 5.75 Å². The Bertz CT molecular complexity index is 600. The zero-order chi connectivity index (χ0) is 15.7. The van der Waals surface area contributed by atoms with E-state index in [9.17, 15) is 20.0 Å². The number of carbonyl (C=O) groups excluding carboxylic acids is 1. The van der Waals surface area contributed by atoms with Crippen molar-refractivity contribution < 1.29 is 19.6 Å². The zero-order valence-electron chi connectivity index (χ0n) is 12.0. The molecule has 118 valence electrons. The van der Waals surface area contributed by atoms with Crippen molar-refractivity contribution in [3.63, 3.8) is 0 Å². The number of nitro groups is 1. The van der Waals surface area contributed by atoms with Crippen LogP contribution in [-0.4, -0.2) is 34.7 Å². The van der Waals surface area contributed by atoms with Gasteiger partial charge in [-0.1, -0.05) is 0 Å². The molecule has 3 rings (SSSR count). The molecule has 2 N–H and O–H groups in total. The molecule has 2 unspecified atom stereocenters. The largest absolute Gasteiger partial charge is 0.507 e. The summed E-state index contributed by atoms with van der Waals surface area (Å²) >= 11 is 0. The van der Waals surface area contributed by atoms with Crippen LogP contribution in [0.3, 0.4) is 0 Å². The van der Waals surface area contributed by atoms with Gasteiger partial charge in [-0.25, -0.2) is 0 Å². The standard InChI is InChI=1S/C15H18N2O5/c18-13-4-3-11(17(20)21)8-12(13)15(19)16-10-5-6-22-14(7-10)9-1-2-9/h3-4,8-10,14,18H,1-2,5-7H2,(H,16,19). The molecule has 22 heavy (non-hydrogen) atoms. The third-order valence-electron chi connectivity index (χ3n) is 4.23. The number of aromatic hydroxyl groups is 1. The molecule has 1 aliphatic heterocycles. The van der Waals surface area contributed by atoms with Gasteiger partial charge in [0.05, 0.1) is 16.6 Å². The molecule has 1 amide bonds. The first-order valence-corrected chi connectivity index (χ1v) is 7.44. The lowest BCUT2D eigenvalue weighted by Gasteiger charge is -2.30. The average molecular weight is 306 g/mol. The van der Waals surface area contributed by atoms with Crippen LogP contribution in [0, 0.1) is 16.0 Å². The van der Waals surface area contributed by atoms with Crippen LogP contribution < -0.4 is 5.32 Å². The van der Waals surface area contributed by atoms with E-state index < -0.39 is 10.8 Å². The molecule has 7 nitrogen and oxygen atoms in total. The van der Waals surface area contributed by atoms with Gasteiger partial charge in [-0.05, 0) is 37.7 Å². The highest BCUT2D eigenvalue weighted by Gasteiger charge is 2.36. The van der Waals surface area contributed by atoms with Crippen molar-refractivity contribution in [2.45, 2.75) is 37.8 Å². The summed E-state index contributed by atoms with van der Waals surface area (Å²) in [7, 11) is 0. The molecule has 1 saturated carbocycles. The van der Waals surface area contributed by atoms with Crippen molar-refractivity contribution in [3.05, 3.63) is 33.9 Å². The SMILES string of the molecule is O=C(NC1CCOC(C2CC2)C1)c1cc([N+](=O)[O-])ccc1O. The Morgan fingerprint density at radius 2 is 2.14 bits per heavy atom. The summed E-state index contributed by atoms with van der Waals surface area (Å²) in [5.41, 5.74) is -0.283. The summed E-state index contributed by atoms with van der Waals surface area (Å²) in [5.74, 6) is -0.137. The highest BCUT2D eigenvalue weighted by molar-refractivity contribution is 5.97. The number of nitro benzene ring substituents is 1. The van der Waals surface area contributed by atoms with Crippen LogP contribution in [0.15, 0.2) is 18.2 Å². The van der Waals surface area contributed by atoms with Crippen molar-refractivity contribution in [2.75, 3.05) is 6.61 Å². The molecule has 1 aliphatic carbocycles. The fourth-order valence-electron chi connectivity index (χ4n) is 2.84. The second-order valence-electron chi connectivity index (χ2n) is 5.90. The normalized spacial score (nSPS) is 24.7. The molecule has 1 aromatic rings. The van der Waals surface area contributed by atoms with Crippen LogP contribution in [0.2, 0.25) is 0 Å². The van der Waals surface area contributed by atoms with Crippen molar-refractivity contribution >= 4 is 11.6 Å². The average Bonchev–Trinajstić information content (AvgIpc) is 3.32. The Morgan fingerprint density at radius 3 is 2.82 bits per heavy atom. The van der Waals surface area contributed by atoms with Crippen LogP contribution in [0.4, 0.5) is 5.69 Å². The minimum Gasteiger partial charge on any atom is -0.507 e. The summed E-state index contributed by atoms with van der Waals surface area (Å²) in [6.07, 6.45) is 4.02. The summed E-state index contributed by atoms with van der Waals surface area (Å²) in [4.78, 5) is 22.5. The van der Waals surface area contributed by atoms with Gasteiger partial charge in [0.15, 0.2) is 0 Å². The third-order valence-corrected chi connectivity index (χ3v) is 4.23. The molecule has 0 radical (unpaired) electrons. The molecule has 1 heterocycles. The van der Waals surface area contributed by atoms with E-state index in [0.29, 0.717) is 18.9 Å². The molecule has 2 atom stereocenters. The Balaban J connectivity index is 1.68. The number of amides is 1. The van der Waals surface area contributed by atoms with E-state index in [4.69, 9.17) is 4.74 Å². The smallest absolute Gasteiger partial charge is 0.270 e. The Hall–Kier alpha value is -2.15. The zero-order valence-corrected chi connectivity index (χ0v) is 12.0. The van der Waals surface area contributed by atoms with Gasteiger partial charge in [0, 0.05) is 24.8 Å². The maximum atomic E-state index is 12.3. The Kier molecular flexibility index (Phi) is 3.98. The van der Waals surface area contributed by atoms with Crippen LogP contribution in [0.5, 0.6) is 5.75 Å². The van der Waals surface area contributed by atoms with E-state index in [-0.39, 0.29) is 29.1 Å². The second-order valence-corrected chi connectivity index (χ2v) is 5.90. The number of ether oxygens (including phenoxy) is 1. The van der Waals surface area contributed by atoms with Crippen molar-refractivity contribution in [3.8, 4) is 5.75 Å². The molecule has 1 saturated heterocycles.